The Morgan fingerprint density at radius 1 is 1.39 bits per heavy atom. The van der Waals surface area contributed by atoms with Gasteiger partial charge in [-0.15, -0.1) is 5.10 Å². The number of rotatable bonds is 3. The van der Waals surface area contributed by atoms with Gasteiger partial charge in [0.1, 0.15) is 11.6 Å². The fourth-order valence-corrected chi connectivity index (χ4v) is 2.77. The minimum atomic E-state index is -0.980. The predicted molar refractivity (Wildman–Crippen MR) is 78.2 cm³/mol. The van der Waals surface area contributed by atoms with Gasteiger partial charge < -0.3 is 10.5 Å². The quantitative estimate of drug-likeness (QED) is 0.911. The van der Waals surface area contributed by atoms with E-state index in [2.05, 4.69) is 10.2 Å². The Bertz CT molecular complexity index is 835. The lowest BCUT2D eigenvalue weighted by Gasteiger charge is -2.24. The van der Waals surface area contributed by atoms with Gasteiger partial charge in [-0.05, 0) is 24.1 Å². The average molecular weight is 316 g/mol. The summed E-state index contributed by atoms with van der Waals surface area (Å²) < 4.78 is 32.3. The number of aromatic nitrogens is 2. The van der Waals surface area contributed by atoms with Gasteiger partial charge in [-0.1, -0.05) is 19.4 Å². The second kappa shape index (κ2) is 5.72. The van der Waals surface area contributed by atoms with Gasteiger partial charge in [0, 0.05) is 11.3 Å². The van der Waals surface area contributed by atoms with E-state index in [1.807, 2.05) is 13.0 Å². The van der Waals surface area contributed by atoms with Crippen molar-refractivity contribution in [2.24, 2.45) is 5.73 Å². The van der Waals surface area contributed by atoms with Crippen LogP contribution in [0.3, 0.4) is 0 Å². The van der Waals surface area contributed by atoms with E-state index in [0.717, 1.165) is 24.2 Å². The summed E-state index contributed by atoms with van der Waals surface area (Å²) in [5.74, 6) is -2.38. The van der Waals surface area contributed by atoms with E-state index in [-0.39, 0.29) is 17.3 Å². The van der Waals surface area contributed by atoms with Crippen molar-refractivity contribution >= 4 is 0 Å². The molecule has 0 spiro atoms. The second-order valence-corrected chi connectivity index (χ2v) is 5.27. The number of aromatic amines is 1. The lowest BCUT2D eigenvalue weighted by atomic mass is 9.83. The summed E-state index contributed by atoms with van der Waals surface area (Å²) in [5, 5.41) is 16.4. The highest BCUT2D eigenvalue weighted by Crippen LogP contribution is 2.43. The Labute approximate surface area is 131 Å². The zero-order chi connectivity index (χ0) is 16.6. The largest absolute Gasteiger partial charge is 0.420 e. The van der Waals surface area contributed by atoms with Crippen molar-refractivity contribution in [1.29, 1.82) is 5.26 Å². The number of ether oxygens (including phenoxy) is 1. The molecule has 0 bridgehead atoms. The lowest BCUT2D eigenvalue weighted by Crippen LogP contribution is -2.21. The van der Waals surface area contributed by atoms with E-state index >= 15 is 0 Å². The molecule has 0 amide bonds. The van der Waals surface area contributed by atoms with E-state index in [9.17, 15) is 14.0 Å². The van der Waals surface area contributed by atoms with Crippen LogP contribution in [0.15, 0.2) is 29.7 Å². The first-order valence-electron chi connectivity index (χ1n) is 7.16. The third kappa shape index (κ3) is 2.42. The Balaban J connectivity index is 2.21. The molecule has 0 aliphatic carbocycles. The van der Waals surface area contributed by atoms with Gasteiger partial charge in [0.25, 0.3) is 0 Å². The number of H-pyrrole nitrogens is 1. The third-order valence-electron chi connectivity index (χ3n) is 3.79. The van der Waals surface area contributed by atoms with E-state index in [1.165, 1.54) is 6.07 Å². The number of halogens is 2. The molecular weight excluding hydrogens is 302 g/mol. The van der Waals surface area contributed by atoms with E-state index in [0.29, 0.717) is 17.5 Å². The molecule has 1 aliphatic rings. The number of nitriles is 1. The van der Waals surface area contributed by atoms with Crippen molar-refractivity contribution in [2.45, 2.75) is 25.7 Å². The monoisotopic (exact) mass is 316 g/mol. The number of aryl methyl sites for hydroxylation is 1. The van der Waals surface area contributed by atoms with Crippen LogP contribution in [0, 0.1) is 23.0 Å². The summed E-state index contributed by atoms with van der Waals surface area (Å²) in [7, 11) is 0. The van der Waals surface area contributed by atoms with Crippen LogP contribution >= 0.6 is 0 Å². The highest BCUT2D eigenvalue weighted by molar-refractivity contribution is 5.55. The number of fused-ring (bicyclic) bond motifs is 1. The SMILES string of the molecule is CCCc1[nH]nc2c1[C@H](c1ccc(F)c(F)c1)C(C#N)=C(N)O2. The molecule has 3 N–H and O–H groups in total. The molecule has 3 rings (SSSR count). The second-order valence-electron chi connectivity index (χ2n) is 5.27. The Kier molecular flexibility index (Phi) is 3.74. The fraction of sp³-hybridized carbons (Fsp3) is 0.250. The fourth-order valence-electron chi connectivity index (χ4n) is 2.77. The number of benzene rings is 1. The summed E-state index contributed by atoms with van der Waals surface area (Å²) in [5.41, 5.74) is 7.81. The van der Waals surface area contributed by atoms with Gasteiger partial charge in [0.05, 0.1) is 5.92 Å². The smallest absolute Gasteiger partial charge is 0.244 e. The average Bonchev–Trinajstić information content (AvgIpc) is 2.91. The maximum atomic E-state index is 13.7. The highest BCUT2D eigenvalue weighted by Gasteiger charge is 2.35. The molecule has 2 heterocycles. The summed E-state index contributed by atoms with van der Waals surface area (Å²) in [6.07, 6.45) is 1.53. The van der Waals surface area contributed by atoms with Crippen molar-refractivity contribution in [3.8, 4) is 11.9 Å². The molecule has 23 heavy (non-hydrogen) atoms. The molecular formula is C16H14F2N4O. The topological polar surface area (TPSA) is 87.7 Å². The number of nitrogens with two attached hydrogens (primary N) is 1. The Hall–Kier alpha value is -2.88. The van der Waals surface area contributed by atoms with Crippen molar-refractivity contribution < 1.29 is 13.5 Å². The number of nitrogens with one attached hydrogen (secondary N) is 1. The summed E-state index contributed by atoms with van der Waals surface area (Å²) >= 11 is 0. The van der Waals surface area contributed by atoms with Gasteiger partial charge >= 0.3 is 0 Å². The molecule has 2 aromatic rings. The molecule has 0 saturated heterocycles. The minimum Gasteiger partial charge on any atom is -0.420 e. The van der Waals surface area contributed by atoms with Gasteiger partial charge in [-0.3, -0.25) is 5.10 Å². The van der Waals surface area contributed by atoms with Crippen molar-refractivity contribution in [1.82, 2.24) is 10.2 Å². The highest BCUT2D eigenvalue weighted by atomic mass is 19.2. The zero-order valence-electron chi connectivity index (χ0n) is 12.4. The Morgan fingerprint density at radius 2 is 2.17 bits per heavy atom. The van der Waals surface area contributed by atoms with Crippen LogP contribution in [-0.4, -0.2) is 10.2 Å². The molecule has 0 unspecified atom stereocenters. The summed E-state index contributed by atoms with van der Waals surface area (Å²) in [6.45, 7) is 2.00. The van der Waals surface area contributed by atoms with Crippen LogP contribution in [0.1, 0.15) is 36.1 Å². The van der Waals surface area contributed by atoms with Crippen molar-refractivity contribution in [2.75, 3.05) is 0 Å². The number of allylic oxidation sites excluding steroid dienone is 1. The van der Waals surface area contributed by atoms with Gasteiger partial charge in [-0.25, -0.2) is 8.78 Å². The predicted octanol–water partition coefficient (Wildman–Crippen LogP) is 2.86. The van der Waals surface area contributed by atoms with E-state index < -0.39 is 17.6 Å². The summed E-state index contributed by atoms with van der Waals surface area (Å²) in [4.78, 5) is 0. The van der Waals surface area contributed by atoms with Crippen LogP contribution in [-0.2, 0) is 6.42 Å². The van der Waals surface area contributed by atoms with Crippen LogP contribution in [0.2, 0.25) is 0 Å². The van der Waals surface area contributed by atoms with E-state index in [1.54, 1.807) is 0 Å². The number of nitrogens with zero attached hydrogens (tertiary/aromatic N) is 2. The molecule has 1 atom stereocenters. The molecule has 0 saturated carbocycles. The first-order valence-corrected chi connectivity index (χ1v) is 7.16. The standard InChI is InChI=1S/C16H14F2N4O/c1-2-3-12-14-13(8-4-5-10(17)11(18)6-8)9(7-19)15(20)23-16(14)22-21-12/h4-6,13H,2-3,20H2,1H3,(H,21,22)/t13-/m1/s1. The Morgan fingerprint density at radius 3 is 2.83 bits per heavy atom. The normalized spacial score (nSPS) is 16.7. The maximum Gasteiger partial charge on any atom is 0.244 e. The van der Waals surface area contributed by atoms with Crippen molar-refractivity contribution in [3.05, 3.63) is 58.1 Å². The molecule has 7 heteroatoms. The van der Waals surface area contributed by atoms with E-state index in [4.69, 9.17) is 10.5 Å². The molecule has 0 radical (unpaired) electrons. The van der Waals surface area contributed by atoms with Crippen LogP contribution in [0.5, 0.6) is 5.88 Å². The summed E-state index contributed by atoms with van der Waals surface area (Å²) in [6, 6.07) is 5.55. The first-order chi connectivity index (χ1) is 11.1. The van der Waals surface area contributed by atoms with Crippen LogP contribution in [0.4, 0.5) is 8.78 Å². The van der Waals surface area contributed by atoms with Crippen LogP contribution in [0.25, 0.3) is 0 Å². The van der Waals surface area contributed by atoms with Gasteiger partial charge in [0.2, 0.25) is 11.8 Å². The molecule has 5 nitrogen and oxygen atoms in total. The van der Waals surface area contributed by atoms with Crippen LogP contribution < -0.4 is 10.5 Å². The number of hydrogen-bond acceptors (Lipinski definition) is 4. The van der Waals surface area contributed by atoms with Gasteiger partial charge in [-0.2, -0.15) is 5.26 Å². The zero-order valence-corrected chi connectivity index (χ0v) is 12.4. The molecule has 1 aromatic carbocycles. The first kappa shape index (κ1) is 15.0. The molecule has 1 aliphatic heterocycles. The van der Waals surface area contributed by atoms with Crippen molar-refractivity contribution in [3.63, 3.8) is 0 Å². The molecule has 118 valence electrons. The number of hydrogen-bond donors (Lipinski definition) is 2. The molecule has 0 fully saturated rings. The molecule has 1 aromatic heterocycles. The maximum absolute atomic E-state index is 13.7. The minimum absolute atomic E-state index is 0.0794. The lowest BCUT2D eigenvalue weighted by molar-refractivity contribution is 0.378. The third-order valence-corrected chi connectivity index (χ3v) is 3.79. The van der Waals surface area contributed by atoms with Gasteiger partial charge in [0.15, 0.2) is 11.6 Å².